The normalized spacial score (nSPS) is 10.5. The van der Waals surface area contributed by atoms with Crippen LogP contribution in [0.25, 0.3) is 0 Å². The average Bonchev–Trinajstić information content (AvgIpc) is 2.63. The number of hydrogen-bond acceptors (Lipinski definition) is 6. The van der Waals surface area contributed by atoms with Gasteiger partial charge in [0, 0.05) is 24.7 Å². The maximum atomic E-state index is 5.75. The van der Waals surface area contributed by atoms with E-state index in [0.717, 1.165) is 5.69 Å². The summed E-state index contributed by atoms with van der Waals surface area (Å²) in [6, 6.07) is 1.82. The zero-order valence-corrected chi connectivity index (χ0v) is 10.3. The third-order valence-corrected chi connectivity index (χ3v) is 2.21. The lowest BCUT2D eigenvalue weighted by atomic mass is 10.4. The minimum Gasteiger partial charge on any atom is -0.369 e. The molecule has 7 heteroatoms. The van der Waals surface area contributed by atoms with Crippen LogP contribution in [0.5, 0.6) is 0 Å². The summed E-state index contributed by atoms with van der Waals surface area (Å²) in [4.78, 5) is 12.1. The number of aryl methyl sites for hydroxylation is 2. The third kappa shape index (κ3) is 3.39. The molecule has 2 heterocycles. The third-order valence-electron chi connectivity index (χ3n) is 2.04. The van der Waals surface area contributed by atoms with Crippen molar-refractivity contribution in [3.63, 3.8) is 0 Å². The van der Waals surface area contributed by atoms with Crippen LogP contribution < -0.4 is 5.32 Å². The predicted octanol–water partition coefficient (Wildman–Crippen LogP) is 1.78. The first-order valence-electron chi connectivity index (χ1n) is 5.18. The maximum absolute atomic E-state index is 5.75. The molecule has 2 aromatic rings. The van der Waals surface area contributed by atoms with Gasteiger partial charge >= 0.3 is 0 Å². The molecule has 0 bridgehead atoms. The molecule has 6 nitrogen and oxygen atoms in total. The average molecular weight is 254 g/mol. The minimum absolute atomic E-state index is 0.237. The molecule has 0 saturated carbocycles. The summed E-state index contributed by atoms with van der Waals surface area (Å²) in [5.74, 6) is 1.94. The van der Waals surface area contributed by atoms with Crippen LogP contribution in [0, 0.1) is 13.8 Å². The monoisotopic (exact) mass is 253 g/mol. The van der Waals surface area contributed by atoms with E-state index in [1.165, 1.54) is 0 Å². The van der Waals surface area contributed by atoms with Gasteiger partial charge in [0.05, 0.1) is 0 Å². The van der Waals surface area contributed by atoms with Crippen LogP contribution >= 0.6 is 11.6 Å². The number of anilines is 1. The zero-order valence-electron chi connectivity index (χ0n) is 9.57. The maximum Gasteiger partial charge on any atom is 0.228 e. The second-order valence-electron chi connectivity index (χ2n) is 3.58. The Balaban J connectivity index is 1.89. The van der Waals surface area contributed by atoms with Gasteiger partial charge in [-0.05, 0) is 25.4 Å². The molecule has 0 saturated heterocycles. The molecular formula is C10H12ClN5O. The molecular weight excluding hydrogens is 242 g/mol. The van der Waals surface area contributed by atoms with Gasteiger partial charge in [-0.15, -0.1) is 0 Å². The van der Waals surface area contributed by atoms with E-state index in [4.69, 9.17) is 16.1 Å². The first-order valence-corrected chi connectivity index (χ1v) is 5.55. The van der Waals surface area contributed by atoms with Crippen LogP contribution in [0.2, 0.25) is 5.28 Å². The number of nitrogens with zero attached hydrogens (tertiary/aromatic N) is 4. The molecule has 0 aliphatic heterocycles. The number of nitrogens with one attached hydrogen (secondary N) is 1. The molecule has 0 aromatic carbocycles. The Morgan fingerprint density at radius 3 is 2.76 bits per heavy atom. The van der Waals surface area contributed by atoms with Gasteiger partial charge < -0.3 is 9.84 Å². The SMILES string of the molecule is Cc1cc(NCCc2nc(C)no2)nc(Cl)n1. The topological polar surface area (TPSA) is 76.7 Å². The Bertz CT molecular complexity index is 493. The van der Waals surface area contributed by atoms with Gasteiger partial charge in [-0.25, -0.2) is 9.97 Å². The molecule has 0 unspecified atom stereocenters. The fraction of sp³-hybridized carbons (Fsp3) is 0.400. The van der Waals surface area contributed by atoms with Crippen LogP contribution in [-0.2, 0) is 6.42 Å². The highest BCUT2D eigenvalue weighted by Crippen LogP contribution is 2.09. The van der Waals surface area contributed by atoms with Crippen LogP contribution in [0.3, 0.4) is 0 Å². The number of rotatable bonds is 4. The molecule has 90 valence electrons. The summed E-state index contributed by atoms with van der Waals surface area (Å²) >= 11 is 5.75. The fourth-order valence-electron chi connectivity index (χ4n) is 1.36. The van der Waals surface area contributed by atoms with Crippen molar-refractivity contribution in [2.24, 2.45) is 0 Å². The quantitative estimate of drug-likeness (QED) is 0.837. The molecule has 1 N–H and O–H groups in total. The van der Waals surface area contributed by atoms with Gasteiger partial charge in [-0.3, -0.25) is 0 Å². The van der Waals surface area contributed by atoms with Crippen LogP contribution in [-0.4, -0.2) is 26.7 Å². The van der Waals surface area contributed by atoms with Gasteiger partial charge in [0.1, 0.15) is 5.82 Å². The van der Waals surface area contributed by atoms with Crippen molar-refractivity contribution >= 4 is 17.4 Å². The molecule has 0 amide bonds. The Morgan fingerprint density at radius 1 is 1.29 bits per heavy atom. The summed E-state index contributed by atoms with van der Waals surface area (Å²) in [7, 11) is 0. The van der Waals surface area contributed by atoms with E-state index < -0.39 is 0 Å². The molecule has 0 fully saturated rings. The molecule has 0 spiro atoms. The molecule has 17 heavy (non-hydrogen) atoms. The first-order chi connectivity index (χ1) is 8.13. The number of aromatic nitrogens is 4. The Morgan fingerprint density at radius 2 is 2.12 bits per heavy atom. The molecule has 0 radical (unpaired) electrons. The van der Waals surface area contributed by atoms with Gasteiger partial charge in [0.15, 0.2) is 5.82 Å². The Labute approximate surface area is 103 Å². The Hall–Kier alpha value is -1.69. The standard InChI is InChI=1S/C10H12ClN5O/c1-6-5-8(15-10(11)13-6)12-4-3-9-14-7(2)16-17-9/h5H,3-4H2,1-2H3,(H,12,13,15). The van der Waals surface area contributed by atoms with E-state index in [1.807, 2.05) is 13.0 Å². The largest absolute Gasteiger partial charge is 0.369 e. The first kappa shape index (κ1) is 11.8. The van der Waals surface area contributed by atoms with Gasteiger partial charge in [-0.1, -0.05) is 5.16 Å². The van der Waals surface area contributed by atoms with Gasteiger partial charge in [-0.2, -0.15) is 4.98 Å². The molecule has 0 atom stereocenters. The van der Waals surface area contributed by atoms with Crippen molar-refractivity contribution in [1.29, 1.82) is 0 Å². The van der Waals surface area contributed by atoms with E-state index in [-0.39, 0.29) is 5.28 Å². The molecule has 2 rings (SSSR count). The van der Waals surface area contributed by atoms with Crippen molar-refractivity contribution in [2.45, 2.75) is 20.3 Å². The summed E-state index contributed by atoms with van der Waals surface area (Å²) < 4.78 is 4.99. The van der Waals surface area contributed by atoms with Crippen molar-refractivity contribution in [3.8, 4) is 0 Å². The smallest absolute Gasteiger partial charge is 0.228 e. The summed E-state index contributed by atoms with van der Waals surface area (Å²) in [5, 5.41) is 7.07. The summed E-state index contributed by atoms with van der Waals surface area (Å²) in [5.41, 5.74) is 0.820. The van der Waals surface area contributed by atoms with Gasteiger partial charge in [0.25, 0.3) is 0 Å². The number of hydrogen-bond donors (Lipinski definition) is 1. The van der Waals surface area contributed by atoms with E-state index in [9.17, 15) is 0 Å². The highest BCUT2D eigenvalue weighted by molar-refractivity contribution is 6.28. The zero-order chi connectivity index (χ0) is 12.3. The van der Waals surface area contributed by atoms with Gasteiger partial charge in [0.2, 0.25) is 11.2 Å². The summed E-state index contributed by atoms with van der Waals surface area (Å²) in [6.45, 7) is 4.29. The van der Waals surface area contributed by atoms with Crippen molar-refractivity contribution in [2.75, 3.05) is 11.9 Å². The van der Waals surface area contributed by atoms with Crippen molar-refractivity contribution in [1.82, 2.24) is 20.1 Å². The van der Waals surface area contributed by atoms with E-state index in [1.54, 1.807) is 6.92 Å². The molecule has 0 aliphatic carbocycles. The number of halogens is 1. The lowest BCUT2D eigenvalue weighted by Crippen LogP contribution is -2.07. The van der Waals surface area contributed by atoms with Crippen LogP contribution in [0.1, 0.15) is 17.4 Å². The predicted molar refractivity (Wildman–Crippen MR) is 63.0 cm³/mol. The lowest BCUT2D eigenvalue weighted by molar-refractivity contribution is 0.377. The van der Waals surface area contributed by atoms with E-state index >= 15 is 0 Å². The molecule has 0 aliphatic rings. The minimum atomic E-state index is 0.237. The Kier molecular flexibility index (Phi) is 3.53. The summed E-state index contributed by atoms with van der Waals surface area (Å²) in [6.07, 6.45) is 0.640. The second kappa shape index (κ2) is 5.09. The lowest BCUT2D eigenvalue weighted by Gasteiger charge is -2.04. The van der Waals surface area contributed by atoms with Crippen molar-refractivity contribution < 1.29 is 4.52 Å². The van der Waals surface area contributed by atoms with E-state index in [2.05, 4.69) is 25.4 Å². The van der Waals surface area contributed by atoms with Crippen LogP contribution in [0.4, 0.5) is 5.82 Å². The molecule has 2 aromatic heterocycles. The highest BCUT2D eigenvalue weighted by atomic mass is 35.5. The fourth-order valence-corrected chi connectivity index (χ4v) is 1.59. The second-order valence-corrected chi connectivity index (χ2v) is 3.91. The van der Waals surface area contributed by atoms with Crippen molar-refractivity contribution in [3.05, 3.63) is 28.8 Å². The van der Waals surface area contributed by atoms with E-state index in [0.29, 0.717) is 30.5 Å². The van der Waals surface area contributed by atoms with Crippen LogP contribution in [0.15, 0.2) is 10.6 Å². The highest BCUT2D eigenvalue weighted by Gasteiger charge is 2.03.